The molecule has 186 valence electrons. The summed E-state index contributed by atoms with van der Waals surface area (Å²) >= 11 is 0. The fraction of sp³-hybridized carbons (Fsp3) is 0.290. The van der Waals surface area contributed by atoms with Crippen LogP contribution < -0.4 is 4.52 Å². The minimum Gasteiger partial charge on any atom is -0.507 e. The molecule has 1 N–H and O–H groups in total. The van der Waals surface area contributed by atoms with E-state index in [-0.39, 0.29) is 16.6 Å². The first kappa shape index (κ1) is 25.9. The molecule has 0 saturated heterocycles. The number of aromatic hydroxyl groups is 1. The summed E-state index contributed by atoms with van der Waals surface area (Å²) < 4.78 is 5.96. The van der Waals surface area contributed by atoms with E-state index in [9.17, 15) is 5.11 Å². The zero-order valence-electron chi connectivity index (χ0n) is 22.2. The maximum absolute atomic E-state index is 10.6. The Morgan fingerprint density at radius 2 is 1.08 bits per heavy atom. The van der Waals surface area contributed by atoms with Crippen molar-refractivity contribution in [1.82, 2.24) is 9.97 Å². The molecule has 2 heterocycles. The number of aromatic nitrogens is 2. The zero-order valence-corrected chi connectivity index (χ0v) is 23.2. The molecule has 0 amide bonds. The van der Waals surface area contributed by atoms with Crippen molar-refractivity contribution in [3.05, 3.63) is 83.9 Å². The van der Waals surface area contributed by atoms with Crippen molar-refractivity contribution >= 4 is 8.81 Å². The van der Waals surface area contributed by atoms with Gasteiger partial charge in [0.25, 0.3) is 0 Å². The van der Waals surface area contributed by atoms with Crippen LogP contribution in [0, 0.1) is 0 Å². The second kappa shape index (κ2) is 10.0. The van der Waals surface area contributed by atoms with Gasteiger partial charge in [-0.2, -0.15) is 0 Å². The van der Waals surface area contributed by atoms with Gasteiger partial charge in [0.1, 0.15) is 11.5 Å². The molecule has 5 heteroatoms. The first-order valence-corrected chi connectivity index (χ1v) is 13.6. The second-order valence-electron chi connectivity index (χ2n) is 11.1. The van der Waals surface area contributed by atoms with Crippen molar-refractivity contribution in [2.75, 3.05) is 6.66 Å². The number of hydrogen-bond donors (Lipinski definition) is 1. The van der Waals surface area contributed by atoms with Gasteiger partial charge in [-0.15, -0.1) is 0 Å². The summed E-state index contributed by atoms with van der Waals surface area (Å²) in [5.41, 5.74) is 6.95. The highest BCUT2D eigenvalue weighted by Gasteiger charge is 2.22. The molecule has 0 fully saturated rings. The van der Waals surface area contributed by atoms with Crippen molar-refractivity contribution in [1.29, 1.82) is 0 Å². The third-order valence-corrected chi connectivity index (χ3v) is 6.62. The summed E-state index contributed by atoms with van der Waals surface area (Å²) in [5, 5.41) is 10.6. The molecular weight excluding hydrogens is 463 g/mol. The SMILES string of the molecule is CPOc1ccccc1-c1cc(C(C)(C)C)cc(-c2cc(C(C)(C)C)cc(-c3ccccc3O)n2)n1. The van der Waals surface area contributed by atoms with Crippen LogP contribution in [0.15, 0.2) is 72.8 Å². The molecular formula is C31H35N2O2P. The van der Waals surface area contributed by atoms with E-state index in [2.05, 4.69) is 71.9 Å². The Bertz CT molecular complexity index is 1380. The highest BCUT2D eigenvalue weighted by molar-refractivity contribution is 7.31. The molecule has 0 bridgehead atoms. The van der Waals surface area contributed by atoms with Crippen molar-refractivity contribution in [3.8, 4) is 45.4 Å². The van der Waals surface area contributed by atoms with Gasteiger partial charge >= 0.3 is 0 Å². The number of pyridine rings is 2. The summed E-state index contributed by atoms with van der Waals surface area (Å²) in [7, 11) is 0.342. The van der Waals surface area contributed by atoms with Crippen molar-refractivity contribution in [3.63, 3.8) is 0 Å². The molecule has 4 rings (SSSR count). The fourth-order valence-corrected chi connectivity index (χ4v) is 4.43. The lowest BCUT2D eigenvalue weighted by atomic mass is 9.84. The molecule has 2 aromatic heterocycles. The molecule has 0 aliphatic heterocycles. The predicted molar refractivity (Wildman–Crippen MR) is 152 cm³/mol. The normalized spacial score (nSPS) is 12.3. The predicted octanol–water partition coefficient (Wildman–Crippen LogP) is 8.38. The quantitative estimate of drug-likeness (QED) is 0.281. The van der Waals surface area contributed by atoms with Crippen molar-refractivity contribution in [2.24, 2.45) is 0 Å². The lowest BCUT2D eigenvalue weighted by Crippen LogP contribution is -2.13. The molecule has 0 saturated carbocycles. The third-order valence-electron chi connectivity index (χ3n) is 6.20. The van der Waals surface area contributed by atoms with Crippen LogP contribution in [0.5, 0.6) is 11.5 Å². The van der Waals surface area contributed by atoms with E-state index >= 15 is 0 Å². The molecule has 4 aromatic rings. The smallest absolute Gasteiger partial charge is 0.132 e. The molecule has 2 aromatic carbocycles. The zero-order chi connectivity index (χ0) is 26.1. The first-order chi connectivity index (χ1) is 17.0. The van der Waals surface area contributed by atoms with Gasteiger partial charge in [0.05, 0.1) is 31.6 Å². The van der Waals surface area contributed by atoms with Crippen LogP contribution in [0.2, 0.25) is 0 Å². The van der Waals surface area contributed by atoms with E-state index < -0.39 is 0 Å². The Morgan fingerprint density at radius 3 is 1.58 bits per heavy atom. The second-order valence-corrected chi connectivity index (χ2v) is 11.7. The summed E-state index contributed by atoms with van der Waals surface area (Å²) in [6.45, 7) is 15.2. The number of para-hydroxylation sites is 2. The van der Waals surface area contributed by atoms with Crippen LogP contribution in [-0.2, 0) is 10.8 Å². The molecule has 0 aliphatic rings. The molecule has 0 aliphatic carbocycles. The summed E-state index contributed by atoms with van der Waals surface area (Å²) in [4.78, 5) is 10.1. The van der Waals surface area contributed by atoms with Crippen LogP contribution in [0.4, 0.5) is 0 Å². The number of nitrogens with zero attached hydrogens (tertiary/aromatic N) is 2. The van der Waals surface area contributed by atoms with Crippen LogP contribution >= 0.6 is 8.81 Å². The Morgan fingerprint density at radius 1 is 0.639 bits per heavy atom. The fourth-order valence-electron chi connectivity index (χ4n) is 4.03. The number of benzene rings is 2. The Balaban J connectivity index is 1.99. The van der Waals surface area contributed by atoms with E-state index in [0.29, 0.717) is 14.4 Å². The van der Waals surface area contributed by atoms with Crippen LogP contribution in [0.1, 0.15) is 52.7 Å². The number of phenols is 1. The van der Waals surface area contributed by atoms with Crippen LogP contribution in [0.3, 0.4) is 0 Å². The Labute approximate surface area is 216 Å². The van der Waals surface area contributed by atoms with Crippen molar-refractivity contribution < 1.29 is 9.63 Å². The highest BCUT2D eigenvalue weighted by atomic mass is 31.1. The average molecular weight is 499 g/mol. The van der Waals surface area contributed by atoms with Gasteiger partial charge in [-0.25, -0.2) is 9.97 Å². The van der Waals surface area contributed by atoms with Gasteiger partial charge in [-0.1, -0.05) is 65.8 Å². The summed E-state index contributed by atoms with van der Waals surface area (Å²) in [6.07, 6.45) is 0. The molecule has 0 radical (unpaired) electrons. The van der Waals surface area contributed by atoms with Gasteiger partial charge in [-0.3, -0.25) is 0 Å². The monoisotopic (exact) mass is 498 g/mol. The molecule has 0 spiro atoms. The Hall–Kier alpha value is -3.23. The molecule has 1 unspecified atom stereocenters. The van der Waals surface area contributed by atoms with Gasteiger partial charge in [0, 0.05) is 11.1 Å². The molecule has 4 nitrogen and oxygen atoms in total. The van der Waals surface area contributed by atoms with E-state index in [1.807, 2.05) is 43.1 Å². The van der Waals surface area contributed by atoms with Gasteiger partial charge in [0.2, 0.25) is 0 Å². The van der Waals surface area contributed by atoms with Crippen LogP contribution in [-0.4, -0.2) is 21.7 Å². The maximum atomic E-state index is 10.6. The standard InChI is InChI=1S/C31H35N2O2P/c1-30(2,3)20-16-24(22-12-8-10-14-28(22)34)32-26(18-20)27-19-21(31(4,5)6)17-25(33-27)23-13-9-11-15-29(23)35-36-7/h8-19,34,36H,1-7H3. The number of phenolic OH excluding ortho intramolecular Hbond substituents is 1. The van der Waals surface area contributed by atoms with Crippen LogP contribution in [0.25, 0.3) is 33.9 Å². The largest absolute Gasteiger partial charge is 0.507 e. The maximum Gasteiger partial charge on any atom is 0.132 e. The topological polar surface area (TPSA) is 55.2 Å². The van der Waals surface area contributed by atoms with E-state index in [4.69, 9.17) is 14.5 Å². The number of rotatable bonds is 5. The minimum absolute atomic E-state index is 0.0864. The number of hydrogen-bond acceptors (Lipinski definition) is 4. The van der Waals surface area contributed by atoms with Crippen molar-refractivity contribution in [2.45, 2.75) is 52.4 Å². The van der Waals surface area contributed by atoms with E-state index in [1.165, 1.54) is 5.56 Å². The first-order valence-electron chi connectivity index (χ1n) is 12.2. The molecule has 1 atom stereocenters. The lowest BCUT2D eigenvalue weighted by molar-refractivity contribution is 0.477. The highest BCUT2D eigenvalue weighted by Crippen LogP contribution is 2.38. The van der Waals surface area contributed by atoms with Gasteiger partial charge in [-0.05, 0) is 77.2 Å². The van der Waals surface area contributed by atoms with E-state index in [1.54, 1.807) is 6.07 Å². The lowest BCUT2D eigenvalue weighted by Gasteiger charge is -2.23. The summed E-state index contributed by atoms with van der Waals surface area (Å²) in [5.74, 6) is 1.04. The molecule has 36 heavy (non-hydrogen) atoms. The third kappa shape index (κ3) is 5.60. The van der Waals surface area contributed by atoms with Gasteiger partial charge < -0.3 is 9.63 Å². The average Bonchev–Trinajstić information content (AvgIpc) is 2.83. The minimum atomic E-state index is -0.107. The van der Waals surface area contributed by atoms with E-state index in [0.717, 1.165) is 39.7 Å². The van der Waals surface area contributed by atoms with Gasteiger partial charge in [0.15, 0.2) is 0 Å². The Kier molecular flexibility index (Phi) is 7.20. The summed E-state index contributed by atoms with van der Waals surface area (Å²) in [6, 6.07) is 23.9.